The lowest BCUT2D eigenvalue weighted by atomic mass is 10.0. The fraction of sp³-hybridized carbons (Fsp3) is 0.259. The molecular formula is C27H24F4N2O4. The molecule has 0 fully saturated rings. The van der Waals surface area contributed by atoms with E-state index in [1.54, 1.807) is 18.2 Å². The van der Waals surface area contributed by atoms with Gasteiger partial charge in [-0.3, -0.25) is 4.79 Å². The summed E-state index contributed by atoms with van der Waals surface area (Å²) in [6, 6.07) is 15.2. The standard InChI is InChI=1S/C27H24F4N2O4/c1-35-24-10-9-18(13-25(24)36-2)23-14-22(37-32-23)16-33(26(34)19-6-4-8-21(28)12-19)15-17-5-3-7-20(11-17)27(29,30)31/h3-13,22H,14-16H2,1-2H3/t22-/m0/s1. The summed E-state index contributed by atoms with van der Waals surface area (Å²) in [6.45, 7) is -0.114. The molecule has 194 valence electrons. The van der Waals surface area contributed by atoms with Crippen molar-refractivity contribution in [3.05, 3.63) is 94.8 Å². The second-order valence-electron chi connectivity index (χ2n) is 8.43. The number of ether oxygens (including phenoxy) is 2. The molecule has 1 aliphatic heterocycles. The number of methoxy groups -OCH3 is 2. The average Bonchev–Trinajstić information content (AvgIpc) is 3.35. The third kappa shape index (κ3) is 6.19. The van der Waals surface area contributed by atoms with Crippen molar-refractivity contribution in [1.29, 1.82) is 0 Å². The summed E-state index contributed by atoms with van der Waals surface area (Å²) in [6.07, 6.45) is -4.75. The second kappa shape index (κ2) is 10.9. The molecule has 1 amide bonds. The lowest BCUT2D eigenvalue weighted by Crippen LogP contribution is -2.37. The molecule has 10 heteroatoms. The first-order chi connectivity index (χ1) is 17.7. The van der Waals surface area contributed by atoms with Crippen LogP contribution in [0.4, 0.5) is 17.6 Å². The van der Waals surface area contributed by atoms with Crippen molar-refractivity contribution < 1.29 is 36.7 Å². The summed E-state index contributed by atoms with van der Waals surface area (Å²) in [4.78, 5) is 20.2. The molecule has 0 saturated heterocycles. The van der Waals surface area contributed by atoms with Crippen LogP contribution >= 0.6 is 0 Å². The maximum atomic E-state index is 13.8. The Hall–Kier alpha value is -4.08. The molecule has 0 unspecified atom stereocenters. The fourth-order valence-electron chi connectivity index (χ4n) is 4.05. The van der Waals surface area contributed by atoms with E-state index in [1.165, 1.54) is 49.5 Å². The number of carbonyl (C=O) groups excluding carboxylic acids is 1. The first-order valence-electron chi connectivity index (χ1n) is 11.3. The topological polar surface area (TPSA) is 60.4 Å². The first-order valence-corrected chi connectivity index (χ1v) is 11.3. The minimum Gasteiger partial charge on any atom is -0.493 e. The quantitative estimate of drug-likeness (QED) is 0.361. The molecule has 0 spiro atoms. The fourth-order valence-corrected chi connectivity index (χ4v) is 4.05. The number of hydrogen-bond donors (Lipinski definition) is 0. The maximum Gasteiger partial charge on any atom is 0.416 e. The van der Waals surface area contributed by atoms with E-state index in [0.29, 0.717) is 23.6 Å². The van der Waals surface area contributed by atoms with E-state index in [2.05, 4.69) is 5.16 Å². The molecule has 0 saturated carbocycles. The number of oxime groups is 1. The first kappa shape index (κ1) is 26.0. The summed E-state index contributed by atoms with van der Waals surface area (Å²) in [5, 5.41) is 4.14. The van der Waals surface area contributed by atoms with Crippen LogP contribution in [0.1, 0.15) is 33.5 Å². The van der Waals surface area contributed by atoms with Crippen LogP contribution in [0.25, 0.3) is 0 Å². The zero-order valence-corrected chi connectivity index (χ0v) is 20.1. The predicted octanol–water partition coefficient (Wildman–Crippen LogP) is 5.70. The molecule has 0 aromatic heterocycles. The van der Waals surface area contributed by atoms with Crippen LogP contribution in [0.5, 0.6) is 11.5 Å². The summed E-state index contributed by atoms with van der Waals surface area (Å²) >= 11 is 0. The summed E-state index contributed by atoms with van der Waals surface area (Å²) in [5.41, 5.74) is 0.883. The Kier molecular flexibility index (Phi) is 7.66. The van der Waals surface area contributed by atoms with Crippen LogP contribution in [0, 0.1) is 5.82 Å². The minimum absolute atomic E-state index is 0.0197. The SMILES string of the molecule is COc1ccc(C2=NO[C@H](CN(Cc3cccc(C(F)(F)F)c3)C(=O)c3cccc(F)c3)C2)cc1OC. The molecule has 0 bridgehead atoms. The molecule has 0 aliphatic carbocycles. The van der Waals surface area contributed by atoms with Gasteiger partial charge in [0.05, 0.1) is 32.0 Å². The van der Waals surface area contributed by atoms with E-state index in [0.717, 1.165) is 23.8 Å². The van der Waals surface area contributed by atoms with Crippen molar-refractivity contribution in [3.63, 3.8) is 0 Å². The number of nitrogens with zero attached hydrogens (tertiary/aromatic N) is 2. The Morgan fingerprint density at radius 3 is 2.49 bits per heavy atom. The highest BCUT2D eigenvalue weighted by Crippen LogP contribution is 2.31. The molecule has 37 heavy (non-hydrogen) atoms. The van der Waals surface area contributed by atoms with Gasteiger partial charge in [0, 0.05) is 24.1 Å². The summed E-state index contributed by atoms with van der Waals surface area (Å²) in [5.74, 6) is -0.0741. The zero-order valence-electron chi connectivity index (χ0n) is 20.1. The van der Waals surface area contributed by atoms with Gasteiger partial charge in [-0.05, 0) is 54.1 Å². The van der Waals surface area contributed by atoms with E-state index in [9.17, 15) is 22.4 Å². The predicted molar refractivity (Wildman–Crippen MR) is 128 cm³/mol. The Morgan fingerprint density at radius 2 is 1.78 bits per heavy atom. The molecule has 4 rings (SSSR count). The third-order valence-corrected chi connectivity index (χ3v) is 5.86. The molecular weight excluding hydrogens is 492 g/mol. The second-order valence-corrected chi connectivity index (χ2v) is 8.43. The van der Waals surface area contributed by atoms with Crippen LogP contribution in [0.3, 0.4) is 0 Å². The van der Waals surface area contributed by atoms with Gasteiger partial charge < -0.3 is 19.2 Å². The minimum atomic E-state index is -4.52. The van der Waals surface area contributed by atoms with Gasteiger partial charge in [0.25, 0.3) is 5.91 Å². The van der Waals surface area contributed by atoms with Gasteiger partial charge in [0.15, 0.2) is 17.6 Å². The molecule has 1 atom stereocenters. The molecule has 1 aliphatic rings. The smallest absolute Gasteiger partial charge is 0.416 e. The third-order valence-electron chi connectivity index (χ3n) is 5.86. The number of amides is 1. The molecule has 0 N–H and O–H groups in total. The number of carbonyl (C=O) groups is 1. The van der Waals surface area contributed by atoms with Gasteiger partial charge in [-0.2, -0.15) is 13.2 Å². The number of halogens is 4. The van der Waals surface area contributed by atoms with E-state index in [4.69, 9.17) is 14.3 Å². The van der Waals surface area contributed by atoms with Crippen LogP contribution < -0.4 is 9.47 Å². The lowest BCUT2D eigenvalue weighted by molar-refractivity contribution is -0.137. The molecule has 1 heterocycles. The van der Waals surface area contributed by atoms with Crippen molar-refractivity contribution in [2.24, 2.45) is 5.16 Å². The van der Waals surface area contributed by atoms with Crippen molar-refractivity contribution in [2.45, 2.75) is 25.2 Å². The molecule has 3 aromatic rings. The Bertz CT molecular complexity index is 1310. The van der Waals surface area contributed by atoms with E-state index in [1.807, 2.05) is 0 Å². The van der Waals surface area contributed by atoms with Gasteiger partial charge >= 0.3 is 6.18 Å². The highest BCUT2D eigenvalue weighted by atomic mass is 19.4. The van der Waals surface area contributed by atoms with Gasteiger partial charge in [0.2, 0.25) is 0 Å². The monoisotopic (exact) mass is 516 g/mol. The van der Waals surface area contributed by atoms with Crippen molar-refractivity contribution >= 4 is 11.6 Å². The van der Waals surface area contributed by atoms with E-state index in [-0.39, 0.29) is 24.2 Å². The van der Waals surface area contributed by atoms with Crippen LogP contribution in [-0.4, -0.2) is 43.4 Å². The number of alkyl halides is 3. The summed E-state index contributed by atoms with van der Waals surface area (Å²) in [7, 11) is 3.04. The maximum absolute atomic E-state index is 13.8. The molecule has 6 nitrogen and oxygen atoms in total. The number of rotatable bonds is 8. The van der Waals surface area contributed by atoms with Gasteiger partial charge in [-0.1, -0.05) is 23.4 Å². The number of benzene rings is 3. The average molecular weight is 516 g/mol. The van der Waals surface area contributed by atoms with Crippen molar-refractivity contribution in [1.82, 2.24) is 4.90 Å². The Morgan fingerprint density at radius 1 is 1.03 bits per heavy atom. The zero-order chi connectivity index (χ0) is 26.6. The normalized spacial score (nSPS) is 15.1. The van der Waals surface area contributed by atoms with Crippen molar-refractivity contribution in [2.75, 3.05) is 20.8 Å². The van der Waals surface area contributed by atoms with Gasteiger partial charge in [-0.25, -0.2) is 4.39 Å². The Balaban J connectivity index is 1.55. The van der Waals surface area contributed by atoms with Gasteiger partial charge in [0.1, 0.15) is 5.82 Å². The van der Waals surface area contributed by atoms with E-state index >= 15 is 0 Å². The largest absolute Gasteiger partial charge is 0.493 e. The Labute approximate surface area is 211 Å². The summed E-state index contributed by atoms with van der Waals surface area (Å²) < 4.78 is 64.1. The highest BCUT2D eigenvalue weighted by Gasteiger charge is 2.31. The number of hydrogen-bond acceptors (Lipinski definition) is 5. The van der Waals surface area contributed by atoms with Crippen molar-refractivity contribution in [3.8, 4) is 11.5 Å². The van der Waals surface area contributed by atoms with E-state index < -0.39 is 29.6 Å². The van der Waals surface area contributed by atoms with Crippen LogP contribution in [0.2, 0.25) is 0 Å². The van der Waals surface area contributed by atoms with Crippen LogP contribution in [0.15, 0.2) is 71.9 Å². The van der Waals surface area contributed by atoms with Crippen LogP contribution in [-0.2, 0) is 17.6 Å². The van der Waals surface area contributed by atoms with Gasteiger partial charge in [-0.15, -0.1) is 0 Å². The highest BCUT2D eigenvalue weighted by molar-refractivity contribution is 6.02. The molecule has 3 aromatic carbocycles. The lowest BCUT2D eigenvalue weighted by Gasteiger charge is -2.25. The molecule has 0 radical (unpaired) electrons.